The fourth-order valence-electron chi connectivity index (χ4n) is 3.12. The number of furan rings is 1. The minimum atomic E-state index is 0. The summed E-state index contributed by atoms with van der Waals surface area (Å²) >= 11 is 0. The lowest BCUT2D eigenvalue weighted by atomic mass is 10.1. The van der Waals surface area contributed by atoms with Crippen molar-refractivity contribution in [3.8, 4) is 0 Å². The van der Waals surface area contributed by atoms with E-state index in [0.717, 1.165) is 57.5 Å². The molecule has 160 valence electrons. The van der Waals surface area contributed by atoms with E-state index in [2.05, 4.69) is 44.8 Å². The Kier molecular flexibility index (Phi) is 10.9. The summed E-state index contributed by atoms with van der Waals surface area (Å²) in [6.07, 6.45) is 2.55. The number of halogens is 1. The van der Waals surface area contributed by atoms with Gasteiger partial charge in [0.1, 0.15) is 12.4 Å². The molecule has 1 aromatic carbocycles. The Morgan fingerprint density at radius 3 is 2.72 bits per heavy atom. The number of rotatable bonds is 9. The van der Waals surface area contributed by atoms with Crippen LogP contribution in [0.2, 0.25) is 0 Å². The third-order valence-corrected chi connectivity index (χ3v) is 4.60. The molecule has 2 aromatic rings. The van der Waals surface area contributed by atoms with Crippen LogP contribution in [0.5, 0.6) is 0 Å². The molecule has 3 rings (SSSR count). The second kappa shape index (κ2) is 13.4. The van der Waals surface area contributed by atoms with E-state index in [4.69, 9.17) is 13.9 Å². The molecule has 0 bridgehead atoms. The van der Waals surface area contributed by atoms with Gasteiger partial charge < -0.3 is 29.4 Å². The zero-order valence-corrected chi connectivity index (χ0v) is 19.3. The van der Waals surface area contributed by atoms with E-state index in [1.54, 1.807) is 13.3 Å². The fraction of sp³-hybridized carbons (Fsp3) is 0.476. The summed E-state index contributed by atoms with van der Waals surface area (Å²) in [4.78, 5) is 6.69. The number of aliphatic imine (C=N–C) groups is 1. The molecule has 1 saturated heterocycles. The monoisotopic (exact) mass is 514 g/mol. The van der Waals surface area contributed by atoms with Gasteiger partial charge in [0, 0.05) is 45.5 Å². The number of hydrogen-bond acceptors (Lipinski definition) is 5. The van der Waals surface area contributed by atoms with E-state index in [9.17, 15) is 0 Å². The normalized spacial score (nSPS) is 14.4. The summed E-state index contributed by atoms with van der Waals surface area (Å²) in [6, 6.07) is 12.3. The molecular weight excluding hydrogens is 483 g/mol. The van der Waals surface area contributed by atoms with Crippen molar-refractivity contribution in [1.29, 1.82) is 0 Å². The van der Waals surface area contributed by atoms with Gasteiger partial charge in [0.2, 0.25) is 0 Å². The largest absolute Gasteiger partial charge is 0.467 e. The number of para-hydroxylation sites is 1. The van der Waals surface area contributed by atoms with Crippen LogP contribution in [0.25, 0.3) is 0 Å². The highest BCUT2D eigenvalue weighted by atomic mass is 127. The fourth-order valence-corrected chi connectivity index (χ4v) is 3.12. The minimum Gasteiger partial charge on any atom is -0.467 e. The van der Waals surface area contributed by atoms with Gasteiger partial charge in [-0.2, -0.15) is 0 Å². The average molecular weight is 514 g/mol. The first-order chi connectivity index (χ1) is 13.9. The van der Waals surface area contributed by atoms with Gasteiger partial charge in [-0.25, -0.2) is 0 Å². The molecule has 1 aliphatic heterocycles. The van der Waals surface area contributed by atoms with Gasteiger partial charge in [0.15, 0.2) is 5.96 Å². The van der Waals surface area contributed by atoms with Crippen molar-refractivity contribution in [2.75, 3.05) is 51.4 Å². The second-order valence-electron chi connectivity index (χ2n) is 6.57. The average Bonchev–Trinajstić information content (AvgIpc) is 3.27. The highest BCUT2D eigenvalue weighted by Crippen LogP contribution is 2.21. The highest BCUT2D eigenvalue weighted by Gasteiger charge is 2.14. The molecule has 8 heteroatoms. The van der Waals surface area contributed by atoms with Crippen LogP contribution in [0.1, 0.15) is 17.7 Å². The number of nitrogens with one attached hydrogen (secondary N) is 2. The summed E-state index contributed by atoms with van der Waals surface area (Å²) in [6.45, 7) is 6.14. The number of ether oxygens (including phenoxy) is 2. The predicted octanol–water partition coefficient (Wildman–Crippen LogP) is 3.01. The number of nitrogens with zero attached hydrogens (tertiary/aromatic N) is 2. The molecule has 1 aliphatic rings. The molecule has 0 aliphatic carbocycles. The third-order valence-electron chi connectivity index (χ3n) is 4.60. The molecule has 0 radical (unpaired) electrons. The van der Waals surface area contributed by atoms with Crippen LogP contribution in [-0.4, -0.2) is 52.5 Å². The lowest BCUT2D eigenvalue weighted by molar-refractivity contribution is 0.105. The topological polar surface area (TPSA) is 71.3 Å². The van der Waals surface area contributed by atoms with Crippen molar-refractivity contribution in [1.82, 2.24) is 10.6 Å². The predicted molar refractivity (Wildman–Crippen MR) is 126 cm³/mol. The van der Waals surface area contributed by atoms with Crippen molar-refractivity contribution < 1.29 is 13.9 Å². The Morgan fingerprint density at radius 2 is 1.97 bits per heavy atom. The van der Waals surface area contributed by atoms with Crippen molar-refractivity contribution >= 4 is 35.6 Å². The first-order valence-electron chi connectivity index (χ1n) is 9.82. The van der Waals surface area contributed by atoms with Gasteiger partial charge in [-0.1, -0.05) is 18.2 Å². The molecule has 29 heavy (non-hydrogen) atoms. The number of guanidine groups is 1. The molecule has 7 nitrogen and oxygen atoms in total. The maximum Gasteiger partial charge on any atom is 0.191 e. The molecule has 0 amide bonds. The van der Waals surface area contributed by atoms with Gasteiger partial charge in [0.05, 0.1) is 19.5 Å². The summed E-state index contributed by atoms with van der Waals surface area (Å²) < 4.78 is 16.3. The van der Waals surface area contributed by atoms with E-state index in [1.165, 1.54) is 11.3 Å². The molecule has 2 N–H and O–H groups in total. The van der Waals surface area contributed by atoms with E-state index in [1.807, 2.05) is 12.1 Å². The van der Waals surface area contributed by atoms with Crippen molar-refractivity contribution in [3.05, 3.63) is 54.0 Å². The first-order valence-corrected chi connectivity index (χ1v) is 9.82. The van der Waals surface area contributed by atoms with Gasteiger partial charge >= 0.3 is 0 Å². The van der Waals surface area contributed by atoms with Crippen LogP contribution in [0.4, 0.5) is 5.69 Å². The third kappa shape index (κ3) is 7.87. The molecule has 0 unspecified atom stereocenters. The Morgan fingerprint density at radius 1 is 1.14 bits per heavy atom. The Balaban J connectivity index is 0.00000300. The molecule has 0 atom stereocenters. The standard InChI is InChI=1S/C21H30N4O3.HI/c1-22-21(23-9-5-12-27-17-19-7-4-13-28-19)24-16-18-6-2-3-8-20(18)25-10-14-26-15-11-25;/h2-4,6-8,13H,5,9-12,14-17H2,1H3,(H2,22,23,24);1H. The maximum atomic E-state index is 5.60. The van der Waals surface area contributed by atoms with Crippen LogP contribution in [0.3, 0.4) is 0 Å². The maximum absolute atomic E-state index is 5.60. The van der Waals surface area contributed by atoms with Gasteiger partial charge in [-0.05, 0) is 30.2 Å². The summed E-state index contributed by atoms with van der Waals surface area (Å²) in [5.74, 6) is 1.65. The van der Waals surface area contributed by atoms with Crippen LogP contribution in [-0.2, 0) is 22.6 Å². The molecule has 1 aromatic heterocycles. The SMILES string of the molecule is CN=C(NCCCOCc1ccco1)NCc1ccccc1N1CCOCC1.I. The first kappa shape index (κ1) is 23.5. The van der Waals surface area contributed by atoms with E-state index in [0.29, 0.717) is 13.2 Å². The number of anilines is 1. The van der Waals surface area contributed by atoms with Crippen LogP contribution < -0.4 is 15.5 Å². The van der Waals surface area contributed by atoms with Crippen molar-refractivity contribution in [3.63, 3.8) is 0 Å². The summed E-state index contributed by atoms with van der Waals surface area (Å²) in [7, 11) is 1.79. The molecule has 0 saturated carbocycles. The molecule has 0 spiro atoms. The Bertz CT molecular complexity index is 718. The van der Waals surface area contributed by atoms with Crippen LogP contribution in [0, 0.1) is 0 Å². The lowest BCUT2D eigenvalue weighted by Crippen LogP contribution is -2.39. The summed E-state index contributed by atoms with van der Waals surface area (Å²) in [5, 5.41) is 6.74. The molecule has 1 fully saturated rings. The van der Waals surface area contributed by atoms with Crippen molar-refractivity contribution in [2.45, 2.75) is 19.6 Å². The number of hydrogen-bond donors (Lipinski definition) is 2. The smallest absolute Gasteiger partial charge is 0.191 e. The molecule has 2 heterocycles. The lowest BCUT2D eigenvalue weighted by Gasteiger charge is -2.30. The van der Waals surface area contributed by atoms with E-state index >= 15 is 0 Å². The Labute approximate surface area is 189 Å². The quantitative estimate of drug-likeness (QED) is 0.232. The van der Waals surface area contributed by atoms with Gasteiger partial charge in [0.25, 0.3) is 0 Å². The minimum absolute atomic E-state index is 0. The zero-order chi connectivity index (χ0) is 19.4. The number of benzene rings is 1. The zero-order valence-electron chi connectivity index (χ0n) is 16.9. The van der Waals surface area contributed by atoms with E-state index < -0.39 is 0 Å². The number of morpholine rings is 1. The van der Waals surface area contributed by atoms with Gasteiger partial charge in [-0.3, -0.25) is 4.99 Å². The van der Waals surface area contributed by atoms with E-state index in [-0.39, 0.29) is 24.0 Å². The van der Waals surface area contributed by atoms with Crippen LogP contribution in [0.15, 0.2) is 52.1 Å². The Hall–Kier alpha value is -1.78. The molecular formula is C21H31IN4O3. The second-order valence-corrected chi connectivity index (χ2v) is 6.57. The van der Waals surface area contributed by atoms with Crippen molar-refractivity contribution in [2.24, 2.45) is 4.99 Å². The highest BCUT2D eigenvalue weighted by molar-refractivity contribution is 14.0. The summed E-state index contributed by atoms with van der Waals surface area (Å²) in [5.41, 5.74) is 2.52. The van der Waals surface area contributed by atoms with Crippen LogP contribution >= 0.6 is 24.0 Å². The van der Waals surface area contributed by atoms with Gasteiger partial charge in [-0.15, -0.1) is 24.0 Å².